The number of nitrogens with zero attached hydrogens (tertiary/aromatic N) is 7. The SMILES string of the molecule is CO[C@@H](C)C(=O)N1CCC(n2cc(-c3cc(Sc4ccccc4C#N)c4c(C#N)cnn4c3)cn2)CC1. The standard InChI is InChI=1S/C27H25N7O2S/c1-18(36-2)27(35)32-9-7-23(8-10-32)33-17-22(15-30-33)20-11-25(26-21(13-29)14-31-34(26)16-20)37-24-6-4-3-5-19(24)12-28/h3-6,11,14-18,23H,7-10H2,1-2H3/t18-/m0/s1. The third kappa shape index (κ3) is 4.82. The highest BCUT2D eigenvalue weighted by atomic mass is 32.2. The maximum atomic E-state index is 12.4. The Morgan fingerprint density at radius 3 is 2.54 bits per heavy atom. The molecule has 3 aromatic heterocycles. The lowest BCUT2D eigenvalue weighted by Crippen LogP contribution is -2.43. The molecule has 1 atom stereocenters. The van der Waals surface area contributed by atoms with E-state index >= 15 is 0 Å². The number of ether oxygens (including phenoxy) is 1. The Morgan fingerprint density at radius 1 is 1.05 bits per heavy atom. The molecule has 1 fully saturated rings. The van der Waals surface area contributed by atoms with Gasteiger partial charge in [-0.1, -0.05) is 23.9 Å². The average Bonchev–Trinajstić information content (AvgIpc) is 3.60. The Hall–Kier alpha value is -4.12. The first-order chi connectivity index (χ1) is 18.0. The van der Waals surface area contributed by atoms with Gasteiger partial charge in [-0.25, -0.2) is 4.52 Å². The summed E-state index contributed by atoms with van der Waals surface area (Å²) in [4.78, 5) is 15.9. The van der Waals surface area contributed by atoms with Crippen LogP contribution in [0.15, 0.2) is 64.9 Å². The molecule has 10 heteroatoms. The van der Waals surface area contributed by atoms with Crippen LogP contribution in [0.3, 0.4) is 0 Å². The minimum Gasteiger partial charge on any atom is -0.372 e. The first kappa shape index (κ1) is 24.6. The summed E-state index contributed by atoms with van der Waals surface area (Å²) < 4.78 is 8.86. The van der Waals surface area contributed by atoms with Gasteiger partial charge in [0.25, 0.3) is 5.91 Å². The van der Waals surface area contributed by atoms with Crippen LogP contribution in [0.5, 0.6) is 0 Å². The van der Waals surface area contributed by atoms with E-state index in [1.54, 1.807) is 30.8 Å². The van der Waals surface area contributed by atoms with Gasteiger partial charge in [0.1, 0.15) is 18.2 Å². The Bertz CT molecular complexity index is 1540. The highest BCUT2D eigenvalue weighted by Crippen LogP contribution is 2.37. The van der Waals surface area contributed by atoms with Crippen LogP contribution < -0.4 is 0 Å². The molecule has 1 amide bonds. The molecule has 4 aromatic rings. The number of pyridine rings is 1. The number of piperidine rings is 1. The fourth-order valence-corrected chi connectivity index (χ4v) is 5.66. The van der Waals surface area contributed by atoms with Gasteiger partial charge in [-0.2, -0.15) is 20.7 Å². The van der Waals surface area contributed by atoms with Crippen LogP contribution in [0.25, 0.3) is 16.6 Å². The highest BCUT2D eigenvalue weighted by molar-refractivity contribution is 7.99. The van der Waals surface area contributed by atoms with Crippen molar-refractivity contribution >= 4 is 23.2 Å². The minimum atomic E-state index is -0.432. The number of amides is 1. The van der Waals surface area contributed by atoms with Crippen molar-refractivity contribution in [3.8, 4) is 23.3 Å². The van der Waals surface area contributed by atoms with Gasteiger partial charge in [0, 0.05) is 53.5 Å². The number of aromatic nitrogens is 4. The van der Waals surface area contributed by atoms with Crippen molar-refractivity contribution in [1.82, 2.24) is 24.3 Å². The maximum Gasteiger partial charge on any atom is 0.251 e. The van der Waals surface area contributed by atoms with E-state index in [1.165, 1.54) is 11.8 Å². The minimum absolute atomic E-state index is 0.0226. The quantitative estimate of drug-likeness (QED) is 0.379. The summed E-state index contributed by atoms with van der Waals surface area (Å²) in [6.45, 7) is 3.11. The number of carbonyl (C=O) groups is 1. The number of fused-ring (bicyclic) bond motifs is 1. The van der Waals surface area contributed by atoms with E-state index in [1.807, 2.05) is 52.4 Å². The van der Waals surface area contributed by atoms with Gasteiger partial charge >= 0.3 is 0 Å². The van der Waals surface area contributed by atoms with Crippen molar-refractivity contribution in [1.29, 1.82) is 10.5 Å². The number of nitriles is 2. The molecular weight excluding hydrogens is 486 g/mol. The van der Waals surface area contributed by atoms with Gasteiger partial charge in [-0.05, 0) is 38.0 Å². The predicted octanol–water partition coefficient (Wildman–Crippen LogP) is 4.29. The third-order valence-electron chi connectivity index (χ3n) is 6.71. The largest absolute Gasteiger partial charge is 0.372 e. The third-order valence-corrected chi connectivity index (χ3v) is 7.82. The highest BCUT2D eigenvalue weighted by Gasteiger charge is 2.27. The summed E-state index contributed by atoms with van der Waals surface area (Å²) in [5, 5.41) is 28.2. The lowest BCUT2D eigenvalue weighted by molar-refractivity contribution is -0.142. The first-order valence-electron chi connectivity index (χ1n) is 12.0. The number of rotatable bonds is 6. The number of benzene rings is 1. The normalized spacial score (nSPS) is 14.9. The van der Waals surface area contributed by atoms with Crippen LogP contribution in [0.2, 0.25) is 0 Å². The molecule has 0 unspecified atom stereocenters. The van der Waals surface area contributed by atoms with E-state index in [9.17, 15) is 15.3 Å². The molecule has 5 rings (SSSR count). The number of methoxy groups -OCH3 is 1. The fourth-order valence-electron chi connectivity index (χ4n) is 4.56. The van der Waals surface area contributed by atoms with E-state index in [4.69, 9.17) is 4.74 Å². The zero-order chi connectivity index (χ0) is 25.9. The van der Waals surface area contributed by atoms with E-state index in [0.717, 1.165) is 33.8 Å². The van der Waals surface area contributed by atoms with Crippen LogP contribution in [-0.4, -0.2) is 56.5 Å². The van der Waals surface area contributed by atoms with Gasteiger partial charge in [0.05, 0.1) is 35.1 Å². The number of hydrogen-bond acceptors (Lipinski definition) is 7. The lowest BCUT2D eigenvalue weighted by atomic mass is 10.0. The second kappa shape index (κ2) is 10.5. The van der Waals surface area contributed by atoms with Crippen molar-refractivity contribution in [2.24, 2.45) is 0 Å². The summed E-state index contributed by atoms with van der Waals surface area (Å²) in [5.74, 6) is 0.0226. The van der Waals surface area contributed by atoms with Crippen LogP contribution >= 0.6 is 11.8 Å². The molecule has 4 heterocycles. The molecule has 1 aliphatic heterocycles. The Labute approximate surface area is 218 Å². The molecule has 0 aliphatic carbocycles. The summed E-state index contributed by atoms with van der Waals surface area (Å²) in [7, 11) is 1.55. The summed E-state index contributed by atoms with van der Waals surface area (Å²) in [5.41, 5.74) is 3.59. The zero-order valence-electron chi connectivity index (χ0n) is 20.5. The zero-order valence-corrected chi connectivity index (χ0v) is 21.4. The maximum absolute atomic E-state index is 12.4. The van der Waals surface area contributed by atoms with Crippen molar-refractivity contribution in [2.45, 2.75) is 41.7 Å². The molecular formula is C27H25N7O2S. The summed E-state index contributed by atoms with van der Waals surface area (Å²) >= 11 is 1.44. The van der Waals surface area contributed by atoms with Crippen molar-refractivity contribution in [3.63, 3.8) is 0 Å². The molecule has 9 nitrogen and oxygen atoms in total. The number of likely N-dealkylation sites (tertiary alicyclic amines) is 1. The summed E-state index contributed by atoms with van der Waals surface area (Å²) in [6.07, 6.45) is 8.51. The van der Waals surface area contributed by atoms with Crippen LogP contribution in [0, 0.1) is 22.7 Å². The van der Waals surface area contributed by atoms with Crippen LogP contribution in [-0.2, 0) is 9.53 Å². The second-order valence-electron chi connectivity index (χ2n) is 8.91. The average molecular weight is 512 g/mol. The molecule has 186 valence electrons. The van der Waals surface area contributed by atoms with Gasteiger partial charge in [-0.3, -0.25) is 9.48 Å². The van der Waals surface area contributed by atoms with Gasteiger partial charge in [-0.15, -0.1) is 0 Å². The first-order valence-corrected chi connectivity index (χ1v) is 12.8. The monoisotopic (exact) mass is 511 g/mol. The summed E-state index contributed by atoms with van der Waals surface area (Å²) in [6, 6.07) is 14.1. The fraction of sp³-hybridized carbons (Fsp3) is 0.296. The van der Waals surface area contributed by atoms with Crippen molar-refractivity contribution < 1.29 is 9.53 Å². The Kier molecular flexibility index (Phi) is 6.95. The molecule has 1 saturated heterocycles. The number of hydrogen-bond donors (Lipinski definition) is 0. The Morgan fingerprint density at radius 2 is 1.81 bits per heavy atom. The van der Waals surface area contributed by atoms with Crippen molar-refractivity contribution in [3.05, 3.63) is 66.2 Å². The van der Waals surface area contributed by atoms with Gasteiger partial charge < -0.3 is 9.64 Å². The van der Waals surface area contributed by atoms with Crippen LogP contribution in [0.4, 0.5) is 0 Å². The molecule has 37 heavy (non-hydrogen) atoms. The molecule has 0 radical (unpaired) electrons. The second-order valence-corrected chi connectivity index (χ2v) is 9.99. The Balaban J connectivity index is 1.43. The van der Waals surface area contributed by atoms with E-state index < -0.39 is 6.10 Å². The molecule has 0 bridgehead atoms. The predicted molar refractivity (Wildman–Crippen MR) is 138 cm³/mol. The number of carbonyl (C=O) groups excluding carboxylic acids is 1. The van der Waals surface area contributed by atoms with Crippen molar-refractivity contribution in [2.75, 3.05) is 20.2 Å². The van der Waals surface area contributed by atoms with Crippen LogP contribution in [0.1, 0.15) is 36.9 Å². The molecule has 1 aromatic carbocycles. The molecule has 0 spiro atoms. The lowest BCUT2D eigenvalue weighted by Gasteiger charge is -2.33. The smallest absolute Gasteiger partial charge is 0.251 e. The van der Waals surface area contributed by atoms with E-state index in [2.05, 4.69) is 22.3 Å². The van der Waals surface area contributed by atoms with Gasteiger partial charge in [0.15, 0.2) is 0 Å². The molecule has 1 aliphatic rings. The molecule has 0 saturated carbocycles. The topological polar surface area (TPSA) is 112 Å². The van der Waals surface area contributed by atoms with E-state index in [-0.39, 0.29) is 11.9 Å². The molecule has 0 N–H and O–H groups in total. The van der Waals surface area contributed by atoms with E-state index in [0.29, 0.717) is 29.7 Å². The van der Waals surface area contributed by atoms with Gasteiger partial charge in [0.2, 0.25) is 0 Å².